The normalized spacial score (nSPS) is 12.5. The molecule has 24 aromatic carbocycles. The van der Waals surface area contributed by atoms with Crippen molar-refractivity contribution in [2.75, 3.05) is 0 Å². The summed E-state index contributed by atoms with van der Waals surface area (Å²) in [7, 11) is 0. The minimum absolute atomic E-state index is 0.0352. The minimum atomic E-state index is -0.0609. The highest BCUT2D eigenvalue weighted by Gasteiger charge is 2.43. The van der Waals surface area contributed by atoms with Gasteiger partial charge in [0.1, 0.15) is 0 Å². The molecule has 0 nitrogen and oxygen atoms in total. The summed E-state index contributed by atoms with van der Waals surface area (Å²) in [6.07, 6.45) is 0. The number of rotatable bonds is 0. The first-order chi connectivity index (χ1) is 72.4. The van der Waals surface area contributed by atoms with Crippen molar-refractivity contribution < 1.29 is 0 Å². The third-order valence-corrected chi connectivity index (χ3v) is 29.3. The van der Waals surface area contributed by atoms with E-state index in [0.29, 0.717) is 0 Å². The van der Waals surface area contributed by atoms with E-state index in [9.17, 15) is 0 Å². The monoisotopic (exact) mass is 1940 g/mol. The maximum atomic E-state index is 2.43. The van der Waals surface area contributed by atoms with Crippen LogP contribution in [0.25, 0.3) is 217 Å². The fourth-order valence-electron chi connectivity index (χ4n) is 23.5. The summed E-state index contributed by atoms with van der Waals surface area (Å²) in [6.45, 7) is 67.1. The van der Waals surface area contributed by atoms with E-state index < -0.39 is 0 Å². The molecule has 0 unspecified atom stereocenters. The number of benzene rings is 24. The molecule has 0 heterocycles. The Morgan fingerprint density at radius 1 is 0.108 bits per heavy atom. The molecule has 752 valence electrons. The summed E-state index contributed by atoms with van der Waals surface area (Å²) >= 11 is 0. The lowest BCUT2D eigenvalue weighted by Gasteiger charge is -2.25. The Morgan fingerprint density at radius 2 is 0.304 bits per heavy atom. The van der Waals surface area contributed by atoms with Crippen molar-refractivity contribution in [2.24, 2.45) is 0 Å². The van der Waals surface area contributed by atoms with Gasteiger partial charge in [0.15, 0.2) is 0 Å². The van der Waals surface area contributed by atoms with Gasteiger partial charge in [-0.05, 0) is 358 Å². The van der Waals surface area contributed by atoms with E-state index in [2.05, 4.69) is 444 Å². The van der Waals surface area contributed by atoms with Gasteiger partial charge in [0.2, 0.25) is 0 Å². The van der Waals surface area contributed by atoms with Crippen molar-refractivity contribution in [3.8, 4) is 44.5 Å². The average molecular weight is 1940 g/mol. The SMILES string of the molecule is CC.CC.CC.CC.CC.CC.CC.CC.CC.CC.CC.CC.CC1(C)c2c(ccc3cc4ccccc4cc23)-c2ccc3cc4ccccc4cc3c21.CC1(C)c2cc3cc4ccccc4cc3cc2-c2ccc3cc4ccccc4cc3c21.CC1(C)c2ccc3c(ccc4ccccc43)c2-c2ccc3cc4ccccc4cc3c21.CC1(C)c2ccc3cc4ccccc4cc3c2-c2ccc3cc4ccccc4cc3c21. The zero-order valence-electron chi connectivity index (χ0n) is 95.0. The molecule has 0 amide bonds. The maximum absolute atomic E-state index is 2.43. The standard InChI is InChI=1S/4C31H22.12C2H6/c1-31(2)28-14-12-23-15-19-7-3-5-9-21(19)17-26(23)29(28)25-13-11-24-16-20-8-4-6-10-22(20)18-27(24)30(25)31;1-31(2)29-25(13-11-23-15-19-7-3-5-9-21(19)17-27(23)29)26-14-12-24-16-20-8-4-6-10-22(20)18-28(24)30(26)31;1-31(2)28-16-15-24-23-10-6-5-7-19(23)11-13-25(24)29(28)26-14-12-22-17-20-8-3-4-9-21(20)18-27(22)30(26)31;1-31(2)29-18-25-15-21-9-4-3-8-20(21)14-24(25)17-28(29)26-12-11-23-13-19-7-5-6-10-22(19)16-27(23)30(26)31;12*1-2/h4*3-18H,1-2H3;12*1-2H3. The number of hydrogen-bond acceptors (Lipinski definition) is 0. The third-order valence-electron chi connectivity index (χ3n) is 29.3. The topological polar surface area (TPSA) is 0 Å². The van der Waals surface area contributed by atoms with E-state index in [1.165, 1.54) is 261 Å². The van der Waals surface area contributed by atoms with E-state index in [-0.39, 0.29) is 21.7 Å². The second kappa shape index (κ2) is 48.4. The summed E-state index contributed by atoms with van der Waals surface area (Å²) in [5, 5.41) is 42.5. The van der Waals surface area contributed by atoms with Crippen LogP contribution in [0.3, 0.4) is 0 Å². The molecule has 0 radical (unpaired) electrons. The minimum Gasteiger partial charge on any atom is -0.0683 e. The van der Waals surface area contributed by atoms with Gasteiger partial charge in [-0.3, -0.25) is 0 Å². The van der Waals surface area contributed by atoms with Gasteiger partial charge in [-0.2, -0.15) is 0 Å². The lowest BCUT2D eigenvalue weighted by molar-refractivity contribution is 0.666. The molecule has 0 fully saturated rings. The van der Waals surface area contributed by atoms with Crippen LogP contribution in [0.1, 0.15) is 266 Å². The highest BCUT2D eigenvalue weighted by Crippen LogP contribution is 2.60. The van der Waals surface area contributed by atoms with Gasteiger partial charge in [-0.25, -0.2) is 0 Å². The van der Waals surface area contributed by atoms with Gasteiger partial charge >= 0.3 is 0 Å². The van der Waals surface area contributed by atoms with Crippen molar-refractivity contribution in [1.29, 1.82) is 0 Å². The molecule has 28 rings (SSSR count). The molecule has 0 bridgehead atoms. The highest BCUT2D eigenvalue weighted by molar-refractivity contribution is 6.19. The van der Waals surface area contributed by atoms with Gasteiger partial charge in [0.25, 0.3) is 0 Å². The summed E-state index contributed by atoms with van der Waals surface area (Å²) in [5.41, 5.74) is 22.6. The first-order valence-corrected chi connectivity index (χ1v) is 56.1. The Labute approximate surface area is 886 Å². The van der Waals surface area contributed by atoms with E-state index in [1.54, 1.807) is 0 Å². The number of fused-ring (bicyclic) bond motifs is 36. The summed E-state index contributed by atoms with van der Waals surface area (Å²) < 4.78 is 0. The van der Waals surface area contributed by atoms with Crippen LogP contribution in [0.4, 0.5) is 0 Å². The molecule has 0 saturated carbocycles. The Morgan fingerprint density at radius 3 is 0.615 bits per heavy atom. The molecule has 0 spiro atoms. The molecule has 0 N–H and O–H groups in total. The highest BCUT2D eigenvalue weighted by atomic mass is 14.5. The van der Waals surface area contributed by atoms with Crippen LogP contribution in [0.15, 0.2) is 388 Å². The van der Waals surface area contributed by atoms with E-state index in [4.69, 9.17) is 0 Å². The molecular formula is C148H160. The van der Waals surface area contributed by atoms with Gasteiger partial charge < -0.3 is 0 Å². The summed E-state index contributed by atoms with van der Waals surface area (Å²) in [6, 6.07) is 145. The Kier molecular flexibility index (Phi) is 36.2. The largest absolute Gasteiger partial charge is 0.0683 e. The smallest absolute Gasteiger partial charge is 0.0171 e. The number of hydrogen-bond donors (Lipinski definition) is 0. The second-order valence-electron chi connectivity index (χ2n) is 37.8. The van der Waals surface area contributed by atoms with Crippen molar-refractivity contribution >= 4 is 172 Å². The zero-order valence-corrected chi connectivity index (χ0v) is 95.0. The maximum Gasteiger partial charge on any atom is 0.0171 e. The summed E-state index contributed by atoms with van der Waals surface area (Å²) in [5.74, 6) is 0. The average Bonchev–Trinajstić information content (AvgIpc) is 1.58. The van der Waals surface area contributed by atoms with Crippen LogP contribution in [0, 0.1) is 0 Å². The lowest BCUT2D eigenvalue weighted by atomic mass is 9.78. The summed E-state index contributed by atoms with van der Waals surface area (Å²) in [4.78, 5) is 0. The molecule has 0 aromatic heterocycles. The van der Waals surface area contributed by atoms with Crippen LogP contribution in [0.5, 0.6) is 0 Å². The van der Waals surface area contributed by atoms with Crippen LogP contribution in [0.2, 0.25) is 0 Å². The molecule has 0 heteroatoms. The molecular weight excluding hydrogens is 1780 g/mol. The Balaban J connectivity index is 0.000000154. The zero-order chi connectivity index (χ0) is 107. The van der Waals surface area contributed by atoms with E-state index >= 15 is 0 Å². The lowest BCUT2D eigenvalue weighted by Crippen LogP contribution is -2.16. The predicted molar refractivity (Wildman–Crippen MR) is 672 cm³/mol. The van der Waals surface area contributed by atoms with Crippen LogP contribution in [-0.4, -0.2) is 0 Å². The molecule has 0 saturated heterocycles. The van der Waals surface area contributed by atoms with Crippen molar-refractivity contribution in [3.63, 3.8) is 0 Å². The van der Waals surface area contributed by atoms with Gasteiger partial charge in [-0.1, -0.05) is 513 Å². The van der Waals surface area contributed by atoms with Gasteiger partial charge in [0.05, 0.1) is 0 Å². The first-order valence-electron chi connectivity index (χ1n) is 56.1. The fourth-order valence-corrected chi connectivity index (χ4v) is 23.5. The van der Waals surface area contributed by atoms with E-state index in [1.807, 2.05) is 166 Å². The van der Waals surface area contributed by atoms with Crippen molar-refractivity contribution in [3.05, 3.63) is 433 Å². The Bertz CT molecular complexity index is 8510. The molecule has 0 aliphatic heterocycles. The fraction of sp³-hybridized carbons (Fsp3) is 0.243. The Hall–Kier alpha value is -14.6. The van der Waals surface area contributed by atoms with Crippen molar-refractivity contribution in [2.45, 2.75) is 243 Å². The van der Waals surface area contributed by atoms with Crippen LogP contribution < -0.4 is 0 Å². The first kappa shape index (κ1) is 111. The van der Waals surface area contributed by atoms with Gasteiger partial charge in [0, 0.05) is 21.7 Å². The van der Waals surface area contributed by atoms with Crippen molar-refractivity contribution in [1.82, 2.24) is 0 Å². The molecule has 4 aliphatic rings. The molecule has 24 aromatic rings. The molecule has 4 aliphatic carbocycles. The van der Waals surface area contributed by atoms with Gasteiger partial charge in [-0.15, -0.1) is 0 Å². The third kappa shape index (κ3) is 19.6. The quantitative estimate of drug-likeness (QED) is 0.105. The second-order valence-corrected chi connectivity index (χ2v) is 37.8. The molecule has 0 atom stereocenters. The van der Waals surface area contributed by atoms with Crippen LogP contribution in [-0.2, 0) is 21.7 Å². The molecule has 148 heavy (non-hydrogen) atoms. The predicted octanol–water partition coefficient (Wildman–Crippen LogP) is 46.7. The van der Waals surface area contributed by atoms with E-state index in [0.717, 1.165) is 0 Å². The van der Waals surface area contributed by atoms with Crippen LogP contribution >= 0.6 is 0 Å².